The second-order valence-corrected chi connectivity index (χ2v) is 5.07. The van der Waals surface area contributed by atoms with Crippen molar-refractivity contribution in [2.75, 3.05) is 5.32 Å². The van der Waals surface area contributed by atoms with Crippen LogP contribution in [0, 0.1) is 6.92 Å². The lowest BCUT2D eigenvalue weighted by Gasteiger charge is -2.06. The van der Waals surface area contributed by atoms with Crippen LogP contribution in [-0.2, 0) is 6.54 Å². The summed E-state index contributed by atoms with van der Waals surface area (Å²) >= 11 is 1.67. The van der Waals surface area contributed by atoms with Crippen molar-refractivity contribution in [1.29, 1.82) is 0 Å². The van der Waals surface area contributed by atoms with E-state index >= 15 is 0 Å². The van der Waals surface area contributed by atoms with E-state index in [0.717, 1.165) is 29.3 Å². The number of aromatic amines is 1. The highest BCUT2D eigenvalue weighted by Gasteiger charge is 2.03. The minimum absolute atomic E-state index is 0.776. The molecule has 0 unspecified atom stereocenters. The number of aromatic nitrogens is 4. The Morgan fingerprint density at radius 2 is 2.26 bits per heavy atom. The van der Waals surface area contributed by atoms with Crippen molar-refractivity contribution in [3.05, 3.63) is 46.7 Å². The number of nitrogens with zero attached hydrogens (tertiary/aromatic N) is 3. The fraction of sp³-hybridized carbons (Fsp3) is 0.154. The molecule has 0 saturated heterocycles. The summed E-state index contributed by atoms with van der Waals surface area (Å²) in [5.41, 5.74) is 5.03. The predicted molar refractivity (Wildman–Crippen MR) is 76.0 cm³/mol. The van der Waals surface area contributed by atoms with Gasteiger partial charge in [-0.15, -0.1) is 11.3 Å². The van der Waals surface area contributed by atoms with Crippen LogP contribution in [0.1, 0.15) is 10.6 Å². The molecule has 19 heavy (non-hydrogen) atoms. The first-order valence-electron chi connectivity index (χ1n) is 5.91. The molecule has 0 amide bonds. The first-order valence-corrected chi connectivity index (χ1v) is 6.79. The molecule has 6 heteroatoms. The molecule has 0 bridgehead atoms. The van der Waals surface area contributed by atoms with Crippen LogP contribution in [0.3, 0.4) is 0 Å². The third kappa shape index (κ3) is 2.63. The van der Waals surface area contributed by atoms with Crippen molar-refractivity contribution in [3.63, 3.8) is 0 Å². The molecular weight excluding hydrogens is 258 g/mol. The van der Waals surface area contributed by atoms with Crippen molar-refractivity contribution < 1.29 is 0 Å². The lowest BCUT2D eigenvalue weighted by Crippen LogP contribution is -1.99. The van der Waals surface area contributed by atoms with Gasteiger partial charge in [0.1, 0.15) is 6.33 Å². The van der Waals surface area contributed by atoms with E-state index in [-0.39, 0.29) is 0 Å². The highest BCUT2D eigenvalue weighted by molar-refractivity contribution is 7.09. The van der Waals surface area contributed by atoms with Gasteiger partial charge in [-0.25, -0.2) is 9.97 Å². The first-order chi connectivity index (χ1) is 9.33. The third-order valence-electron chi connectivity index (χ3n) is 2.85. The van der Waals surface area contributed by atoms with E-state index in [1.165, 1.54) is 11.2 Å². The average molecular weight is 271 g/mol. The van der Waals surface area contributed by atoms with Gasteiger partial charge in [0.2, 0.25) is 0 Å². The van der Waals surface area contributed by atoms with Crippen LogP contribution in [0.15, 0.2) is 36.1 Å². The molecule has 3 aromatic rings. The molecular formula is C13H13N5S. The third-order valence-corrected chi connectivity index (χ3v) is 3.78. The standard InChI is InChI=1S/C13H13N5S/c1-9-12(19-8-16-9)6-14-11-4-2-3-10(5-11)13-15-7-17-18-13/h2-5,7-8,14H,6H2,1H3,(H,15,17,18). The number of benzene rings is 1. The van der Waals surface area contributed by atoms with Gasteiger partial charge in [0.25, 0.3) is 0 Å². The number of thiazole rings is 1. The molecule has 5 nitrogen and oxygen atoms in total. The first kappa shape index (κ1) is 11.9. The Balaban J connectivity index is 1.75. The molecule has 2 aromatic heterocycles. The zero-order chi connectivity index (χ0) is 13.1. The lowest BCUT2D eigenvalue weighted by atomic mass is 10.2. The maximum absolute atomic E-state index is 4.24. The Morgan fingerprint density at radius 3 is 3.00 bits per heavy atom. The summed E-state index contributed by atoms with van der Waals surface area (Å²) in [6.45, 7) is 2.81. The maximum atomic E-state index is 4.24. The molecule has 0 radical (unpaired) electrons. The van der Waals surface area contributed by atoms with Crippen LogP contribution < -0.4 is 5.32 Å². The lowest BCUT2D eigenvalue weighted by molar-refractivity contribution is 1.09. The highest BCUT2D eigenvalue weighted by Crippen LogP contribution is 2.20. The Bertz CT molecular complexity index is 659. The molecule has 0 aliphatic heterocycles. The fourth-order valence-electron chi connectivity index (χ4n) is 1.80. The normalized spacial score (nSPS) is 10.6. The van der Waals surface area contributed by atoms with Crippen LogP contribution in [0.4, 0.5) is 5.69 Å². The molecule has 0 atom stereocenters. The van der Waals surface area contributed by atoms with Gasteiger partial charge in [-0.2, -0.15) is 5.10 Å². The predicted octanol–water partition coefficient (Wildman–Crippen LogP) is 2.85. The van der Waals surface area contributed by atoms with Gasteiger partial charge in [0.05, 0.1) is 17.7 Å². The SMILES string of the molecule is Cc1ncsc1CNc1cccc(-c2ncn[nH]2)c1. The second kappa shape index (κ2) is 5.19. The van der Waals surface area contributed by atoms with E-state index in [1.54, 1.807) is 11.3 Å². The summed E-state index contributed by atoms with van der Waals surface area (Å²) < 4.78 is 0. The quantitative estimate of drug-likeness (QED) is 0.765. The minimum Gasteiger partial charge on any atom is -0.380 e. The van der Waals surface area contributed by atoms with Crippen molar-refractivity contribution in [2.45, 2.75) is 13.5 Å². The molecule has 1 aromatic carbocycles. The number of nitrogens with one attached hydrogen (secondary N) is 2. The van der Waals surface area contributed by atoms with Crippen LogP contribution in [0.5, 0.6) is 0 Å². The van der Waals surface area contributed by atoms with Crippen molar-refractivity contribution in [1.82, 2.24) is 20.2 Å². The van der Waals surface area contributed by atoms with E-state index in [2.05, 4.69) is 31.5 Å². The Kier molecular flexibility index (Phi) is 3.24. The molecule has 0 fully saturated rings. The topological polar surface area (TPSA) is 66.5 Å². The van der Waals surface area contributed by atoms with Crippen LogP contribution in [0.2, 0.25) is 0 Å². The molecule has 2 N–H and O–H groups in total. The van der Waals surface area contributed by atoms with Gasteiger partial charge in [-0.3, -0.25) is 5.10 Å². The molecule has 0 aliphatic carbocycles. The fourth-order valence-corrected chi connectivity index (χ4v) is 2.52. The summed E-state index contributed by atoms with van der Waals surface area (Å²) in [5.74, 6) is 0.776. The summed E-state index contributed by atoms with van der Waals surface area (Å²) in [6, 6.07) is 8.09. The second-order valence-electron chi connectivity index (χ2n) is 4.13. The van der Waals surface area contributed by atoms with E-state index in [0.29, 0.717) is 0 Å². The number of aryl methyl sites for hydroxylation is 1. The smallest absolute Gasteiger partial charge is 0.155 e. The van der Waals surface area contributed by atoms with E-state index < -0.39 is 0 Å². The number of rotatable bonds is 4. The zero-order valence-electron chi connectivity index (χ0n) is 10.4. The number of hydrogen-bond donors (Lipinski definition) is 2. The van der Waals surface area contributed by atoms with E-state index in [4.69, 9.17) is 0 Å². The van der Waals surface area contributed by atoms with Crippen molar-refractivity contribution in [3.8, 4) is 11.4 Å². The van der Waals surface area contributed by atoms with Crippen molar-refractivity contribution in [2.24, 2.45) is 0 Å². The Morgan fingerprint density at radius 1 is 1.32 bits per heavy atom. The number of anilines is 1. The van der Waals surface area contributed by atoms with Gasteiger partial charge in [0, 0.05) is 16.1 Å². The molecule has 0 saturated carbocycles. The van der Waals surface area contributed by atoms with Gasteiger partial charge >= 0.3 is 0 Å². The van der Waals surface area contributed by atoms with Gasteiger partial charge in [-0.1, -0.05) is 12.1 Å². The average Bonchev–Trinajstić information content (AvgIpc) is 3.08. The summed E-state index contributed by atoms with van der Waals surface area (Å²) in [7, 11) is 0. The Labute approximate surface area is 114 Å². The highest BCUT2D eigenvalue weighted by atomic mass is 32.1. The van der Waals surface area contributed by atoms with Gasteiger partial charge in [0.15, 0.2) is 5.82 Å². The largest absolute Gasteiger partial charge is 0.380 e. The number of H-pyrrole nitrogens is 1. The van der Waals surface area contributed by atoms with E-state index in [1.807, 2.05) is 30.6 Å². The summed E-state index contributed by atoms with van der Waals surface area (Å²) in [5, 5.41) is 10.1. The molecule has 0 spiro atoms. The van der Waals surface area contributed by atoms with Gasteiger partial charge < -0.3 is 5.32 Å². The van der Waals surface area contributed by atoms with Crippen molar-refractivity contribution >= 4 is 17.0 Å². The van der Waals surface area contributed by atoms with Crippen LogP contribution in [-0.4, -0.2) is 20.2 Å². The number of hydrogen-bond acceptors (Lipinski definition) is 5. The van der Waals surface area contributed by atoms with Crippen LogP contribution >= 0.6 is 11.3 Å². The molecule has 3 rings (SSSR count). The molecule has 2 heterocycles. The summed E-state index contributed by atoms with van der Waals surface area (Å²) in [4.78, 5) is 9.65. The maximum Gasteiger partial charge on any atom is 0.155 e. The van der Waals surface area contributed by atoms with Gasteiger partial charge in [-0.05, 0) is 19.1 Å². The monoisotopic (exact) mass is 271 g/mol. The zero-order valence-corrected chi connectivity index (χ0v) is 11.2. The van der Waals surface area contributed by atoms with Crippen LogP contribution in [0.25, 0.3) is 11.4 Å². The molecule has 96 valence electrons. The summed E-state index contributed by atoms with van der Waals surface area (Å²) in [6.07, 6.45) is 1.51. The Hall–Kier alpha value is -2.21. The minimum atomic E-state index is 0.776. The molecule has 0 aliphatic rings. The van der Waals surface area contributed by atoms with E-state index in [9.17, 15) is 0 Å².